The van der Waals surface area contributed by atoms with Crippen LogP contribution in [0.2, 0.25) is 0 Å². The first-order valence-electron chi connectivity index (χ1n) is 10.3. The second kappa shape index (κ2) is 8.78. The number of phenols is 1. The summed E-state index contributed by atoms with van der Waals surface area (Å²) >= 11 is 0. The number of ether oxygens (including phenoxy) is 1. The van der Waals surface area contributed by atoms with Gasteiger partial charge in [-0.2, -0.15) is 0 Å². The van der Waals surface area contributed by atoms with Gasteiger partial charge in [0.15, 0.2) is 0 Å². The lowest BCUT2D eigenvalue weighted by Crippen LogP contribution is -2.26. The SMILES string of the molecule is Oc1cc2c(c(-c3ccccc3O[C@H]3CCN(CCCF)C3)c1)C=CCCC2. The molecule has 0 aromatic heterocycles. The Hall–Kier alpha value is -2.33. The van der Waals surface area contributed by atoms with Crippen LogP contribution in [0.5, 0.6) is 11.5 Å². The smallest absolute Gasteiger partial charge is 0.127 e. The van der Waals surface area contributed by atoms with Gasteiger partial charge in [-0.15, -0.1) is 0 Å². The van der Waals surface area contributed by atoms with Crippen LogP contribution < -0.4 is 4.74 Å². The van der Waals surface area contributed by atoms with Gasteiger partial charge in [-0.3, -0.25) is 9.29 Å². The van der Waals surface area contributed by atoms with Crippen molar-refractivity contribution in [3.8, 4) is 22.6 Å². The van der Waals surface area contributed by atoms with Gasteiger partial charge in [-0.05, 0) is 67.0 Å². The molecule has 0 saturated carbocycles. The molecule has 1 atom stereocenters. The first kappa shape index (κ1) is 19.0. The van der Waals surface area contributed by atoms with E-state index in [0.29, 0.717) is 12.2 Å². The normalized spacial score (nSPS) is 19.4. The molecule has 1 N–H and O–H groups in total. The van der Waals surface area contributed by atoms with Crippen LogP contribution in [0.3, 0.4) is 0 Å². The number of aryl methyl sites for hydroxylation is 1. The summed E-state index contributed by atoms with van der Waals surface area (Å²) in [6.45, 7) is 2.33. The van der Waals surface area contributed by atoms with Crippen LogP contribution in [-0.4, -0.2) is 42.4 Å². The van der Waals surface area contributed by atoms with Gasteiger partial charge < -0.3 is 9.84 Å². The molecule has 0 unspecified atom stereocenters. The molecule has 0 bridgehead atoms. The molecule has 2 aliphatic rings. The number of hydrogen-bond donors (Lipinski definition) is 1. The molecule has 28 heavy (non-hydrogen) atoms. The monoisotopic (exact) mass is 381 g/mol. The number of aromatic hydroxyl groups is 1. The summed E-state index contributed by atoms with van der Waals surface area (Å²) in [5.74, 6) is 1.16. The summed E-state index contributed by atoms with van der Waals surface area (Å²) in [6.07, 6.45) is 9.19. The quantitative estimate of drug-likeness (QED) is 0.744. The molecule has 0 amide bonds. The molecule has 3 nitrogen and oxygen atoms in total. The maximum absolute atomic E-state index is 12.4. The van der Waals surface area contributed by atoms with E-state index in [1.807, 2.05) is 30.3 Å². The molecule has 148 valence electrons. The predicted octanol–water partition coefficient (Wildman–Crippen LogP) is 5.22. The zero-order valence-corrected chi connectivity index (χ0v) is 16.2. The fraction of sp³-hybridized carbons (Fsp3) is 0.417. The Morgan fingerprint density at radius 3 is 2.96 bits per heavy atom. The van der Waals surface area contributed by atoms with Crippen molar-refractivity contribution in [3.05, 3.63) is 53.6 Å². The van der Waals surface area contributed by atoms with Crippen LogP contribution in [0.25, 0.3) is 17.2 Å². The lowest BCUT2D eigenvalue weighted by atomic mass is 9.93. The molecule has 2 aromatic carbocycles. The van der Waals surface area contributed by atoms with Gasteiger partial charge in [0.2, 0.25) is 0 Å². The molecule has 4 heteroatoms. The molecule has 1 saturated heterocycles. The van der Waals surface area contributed by atoms with E-state index in [1.54, 1.807) is 0 Å². The predicted molar refractivity (Wildman–Crippen MR) is 112 cm³/mol. The average molecular weight is 381 g/mol. The second-order valence-corrected chi connectivity index (χ2v) is 7.73. The lowest BCUT2D eigenvalue weighted by molar-refractivity contribution is 0.199. The Labute approximate surface area is 166 Å². The number of halogens is 1. The molecule has 0 radical (unpaired) electrons. The number of fused-ring (bicyclic) bond motifs is 1. The number of hydrogen-bond acceptors (Lipinski definition) is 3. The maximum atomic E-state index is 12.4. The number of benzene rings is 2. The fourth-order valence-electron chi connectivity index (χ4n) is 4.29. The zero-order valence-electron chi connectivity index (χ0n) is 16.2. The van der Waals surface area contributed by atoms with Crippen LogP contribution in [0.4, 0.5) is 4.39 Å². The molecular formula is C24H28FNO2. The third kappa shape index (κ3) is 4.22. The summed E-state index contributed by atoms with van der Waals surface area (Å²) in [7, 11) is 0. The highest BCUT2D eigenvalue weighted by atomic mass is 19.1. The third-order valence-corrected chi connectivity index (χ3v) is 5.66. The van der Waals surface area contributed by atoms with Crippen LogP contribution >= 0.6 is 0 Å². The molecule has 1 aliphatic carbocycles. The van der Waals surface area contributed by atoms with Crippen molar-refractivity contribution in [2.45, 2.75) is 38.2 Å². The Morgan fingerprint density at radius 2 is 2.07 bits per heavy atom. The first-order valence-corrected chi connectivity index (χ1v) is 10.3. The van der Waals surface area contributed by atoms with E-state index in [4.69, 9.17) is 4.74 Å². The highest BCUT2D eigenvalue weighted by Crippen LogP contribution is 2.39. The van der Waals surface area contributed by atoms with Gasteiger partial charge in [0.1, 0.15) is 17.6 Å². The van der Waals surface area contributed by atoms with E-state index in [0.717, 1.165) is 62.2 Å². The molecule has 2 aromatic rings. The van der Waals surface area contributed by atoms with Gasteiger partial charge in [0, 0.05) is 25.2 Å². The molecule has 1 aliphatic heterocycles. The summed E-state index contributed by atoms with van der Waals surface area (Å²) in [5.41, 5.74) is 4.42. The van der Waals surface area contributed by atoms with Gasteiger partial charge in [0.25, 0.3) is 0 Å². The molecule has 1 heterocycles. The van der Waals surface area contributed by atoms with Crippen LogP contribution in [0.1, 0.15) is 36.8 Å². The van der Waals surface area contributed by atoms with Crippen molar-refractivity contribution in [2.75, 3.05) is 26.3 Å². The van der Waals surface area contributed by atoms with Gasteiger partial charge in [-0.25, -0.2) is 0 Å². The summed E-state index contributed by atoms with van der Waals surface area (Å²) in [5, 5.41) is 10.3. The Morgan fingerprint density at radius 1 is 1.18 bits per heavy atom. The Bertz CT molecular complexity index is 848. The van der Waals surface area contributed by atoms with Crippen molar-refractivity contribution >= 4 is 6.08 Å². The number of para-hydroxylation sites is 1. The first-order chi connectivity index (χ1) is 13.7. The number of nitrogens with zero attached hydrogens (tertiary/aromatic N) is 1. The highest BCUT2D eigenvalue weighted by molar-refractivity contribution is 5.82. The molecular weight excluding hydrogens is 353 g/mol. The summed E-state index contributed by atoms with van der Waals surface area (Å²) < 4.78 is 18.8. The zero-order chi connectivity index (χ0) is 19.3. The van der Waals surface area contributed by atoms with Gasteiger partial charge in [-0.1, -0.05) is 30.4 Å². The van der Waals surface area contributed by atoms with Crippen LogP contribution in [0.15, 0.2) is 42.5 Å². The number of allylic oxidation sites excluding steroid dienone is 1. The van der Waals surface area contributed by atoms with Crippen molar-refractivity contribution in [3.63, 3.8) is 0 Å². The standard InChI is InChI=1S/C24H28FNO2/c25-12-6-13-26-14-11-20(17-26)28-24-10-5-4-9-22(24)23-16-19(27)15-18-7-2-1-3-8-21(18)23/h3-5,8-10,15-16,20,27H,1-2,6-7,11-14,17H2/t20-/m0/s1. The minimum absolute atomic E-state index is 0.118. The van der Waals surface area contributed by atoms with E-state index < -0.39 is 0 Å². The highest BCUT2D eigenvalue weighted by Gasteiger charge is 2.25. The average Bonchev–Trinajstić information content (AvgIpc) is 3.01. The summed E-state index contributed by atoms with van der Waals surface area (Å²) in [4.78, 5) is 2.27. The van der Waals surface area contributed by atoms with Crippen LogP contribution in [0, 0.1) is 0 Å². The molecule has 0 spiro atoms. The van der Waals surface area contributed by atoms with E-state index in [1.165, 1.54) is 11.1 Å². The number of phenolic OH excluding ortho intramolecular Hbond substituents is 1. The number of likely N-dealkylation sites (tertiary alicyclic amines) is 1. The van der Waals surface area contributed by atoms with E-state index in [2.05, 4.69) is 23.1 Å². The third-order valence-electron chi connectivity index (χ3n) is 5.66. The largest absolute Gasteiger partial charge is 0.508 e. The minimum Gasteiger partial charge on any atom is -0.508 e. The van der Waals surface area contributed by atoms with Crippen molar-refractivity contribution in [1.29, 1.82) is 0 Å². The van der Waals surface area contributed by atoms with Crippen molar-refractivity contribution in [1.82, 2.24) is 4.90 Å². The topological polar surface area (TPSA) is 32.7 Å². The molecule has 1 fully saturated rings. The lowest BCUT2D eigenvalue weighted by Gasteiger charge is -2.20. The van der Waals surface area contributed by atoms with Gasteiger partial charge in [0.05, 0.1) is 6.67 Å². The Kier molecular flexibility index (Phi) is 5.96. The molecule has 4 rings (SSSR count). The number of rotatable bonds is 6. The van der Waals surface area contributed by atoms with E-state index in [-0.39, 0.29) is 12.8 Å². The Balaban J connectivity index is 1.62. The maximum Gasteiger partial charge on any atom is 0.127 e. The van der Waals surface area contributed by atoms with Gasteiger partial charge >= 0.3 is 0 Å². The van der Waals surface area contributed by atoms with E-state index >= 15 is 0 Å². The van der Waals surface area contributed by atoms with Crippen molar-refractivity contribution < 1.29 is 14.2 Å². The van der Waals surface area contributed by atoms with Crippen molar-refractivity contribution in [2.24, 2.45) is 0 Å². The number of alkyl halides is 1. The summed E-state index contributed by atoms with van der Waals surface area (Å²) in [6, 6.07) is 11.8. The second-order valence-electron chi connectivity index (χ2n) is 7.73. The minimum atomic E-state index is -0.263. The van der Waals surface area contributed by atoms with Crippen LogP contribution in [-0.2, 0) is 6.42 Å². The van der Waals surface area contributed by atoms with E-state index in [9.17, 15) is 9.50 Å². The fourth-order valence-corrected chi connectivity index (χ4v) is 4.29.